The summed E-state index contributed by atoms with van der Waals surface area (Å²) in [5.74, 6) is 0.220. The van der Waals surface area contributed by atoms with Gasteiger partial charge in [-0.2, -0.15) is 14.1 Å². The van der Waals surface area contributed by atoms with Crippen LogP contribution in [0.15, 0.2) is 41.3 Å². The average molecular weight is 435 g/mol. The minimum atomic E-state index is -3.24. The highest BCUT2D eigenvalue weighted by Gasteiger charge is 2.27. The first-order valence-electron chi connectivity index (χ1n) is 10.1. The normalized spacial score (nSPS) is 20.4. The van der Waals surface area contributed by atoms with Gasteiger partial charge in [-0.05, 0) is 25.0 Å². The fraction of sp³-hybridized carbons (Fsp3) is 0.500. The Morgan fingerprint density at radius 2 is 1.90 bits per heavy atom. The van der Waals surface area contributed by atoms with Gasteiger partial charge >= 0.3 is 5.56 Å². The number of rotatable bonds is 6. The van der Waals surface area contributed by atoms with Crippen molar-refractivity contribution >= 4 is 15.7 Å². The molecule has 1 aromatic heterocycles. The summed E-state index contributed by atoms with van der Waals surface area (Å²) >= 11 is 0. The van der Waals surface area contributed by atoms with E-state index in [0.717, 1.165) is 12.8 Å². The third-order valence-corrected chi connectivity index (χ3v) is 6.70. The van der Waals surface area contributed by atoms with Crippen LogP contribution in [-0.2, 0) is 14.8 Å². The van der Waals surface area contributed by atoms with Crippen molar-refractivity contribution in [1.82, 2.24) is 14.1 Å². The zero-order valence-electron chi connectivity index (χ0n) is 16.9. The molecule has 0 N–H and O–H groups in total. The molecule has 9 nitrogen and oxygen atoms in total. The van der Waals surface area contributed by atoms with Crippen LogP contribution in [0.3, 0.4) is 0 Å². The van der Waals surface area contributed by atoms with E-state index in [1.54, 1.807) is 6.20 Å². The van der Waals surface area contributed by atoms with Crippen molar-refractivity contribution in [2.45, 2.75) is 18.9 Å². The third-order valence-electron chi connectivity index (χ3n) is 5.40. The van der Waals surface area contributed by atoms with Crippen LogP contribution in [0, 0.1) is 0 Å². The van der Waals surface area contributed by atoms with Gasteiger partial charge < -0.3 is 14.4 Å². The molecule has 1 atom stereocenters. The lowest BCUT2D eigenvalue weighted by Gasteiger charge is -2.35. The molecule has 0 bridgehead atoms. The molecule has 3 heterocycles. The molecule has 4 rings (SSSR count). The summed E-state index contributed by atoms with van der Waals surface area (Å²) in [4.78, 5) is 15.2. The van der Waals surface area contributed by atoms with Crippen LogP contribution in [0.25, 0.3) is 5.69 Å². The number of para-hydroxylation sites is 1. The van der Waals surface area contributed by atoms with Crippen LogP contribution in [-0.4, -0.2) is 74.3 Å². The molecule has 1 aromatic carbocycles. The van der Waals surface area contributed by atoms with Crippen LogP contribution in [0.5, 0.6) is 5.75 Å². The van der Waals surface area contributed by atoms with Gasteiger partial charge in [-0.3, -0.25) is 4.79 Å². The van der Waals surface area contributed by atoms with Crippen molar-refractivity contribution in [2.24, 2.45) is 0 Å². The number of nitrogens with zero attached hydrogens (tertiary/aromatic N) is 4. The number of benzene rings is 1. The molecule has 0 radical (unpaired) electrons. The molecule has 0 spiro atoms. The molecule has 0 saturated carbocycles. The molecule has 2 fully saturated rings. The summed E-state index contributed by atoms with van der Waals surface area (Å²) < 4.78 is 38.0. The first-order valence-corrected chi connectivity index (χ1v) is 11.9. The molecule has 2 saturated heterocycles. The molecule has 30 heavy (non-hydrogen) atoms. The molecule has 1 unspecified atom stereocenters. The van der Waals surface area contributed by atoms with Gasteiger partial charge in [-0.15, -0.1) is 0 Å². The highest BCUT2D eigenvalue weighted by molar-refractivity contribution is 7.88. The summed E-state index contributed by atoms with van der Waals surface area (Å²) in [6.45, 7) is 2.63. The van der Waals surface area contributed by atoms with E-state index in [0.29, 0.717) is 50.8 Å². The first kappa shape index (κ1) is 20.8. The highest BCUT2D eigenvalue weighted by atomic mass is 32.2. The van der Waals surface area contributed by atoms with E-state index >= 15 is 0 Å². The number of ether oxygens (including phenoxy) is 2. The molecule has 2 aromatic rings. The molecule has 2 aliphatic rings. The number of anilines is 1. The van der Waals surface area contributed by atoms with Gasteiger partial charge in [0.2, 0.25) is 15.8 Å². The third kappa shape index (κ3) is 4.50. The fourth-order valence-electron chi connectivity index (χ4n) is 3.76. The van der Waals surface area contributed by atoms with E-state index < -0.39 is 10.0 Å². The summed E-state index contributed by atoms with van der Waals surface area (Å²) in [5, 5.41) is 4.35. The molecule has 162 valence electrons. The molecular weight excluding hydrogens is 408 g/mol. The van der Waals surface area contributed by atoms with E-state index in [9.17, 15) is 13.2 Å². The summed E-state index contributed by atoms with van der Waals surface area (Å²) in [6, 6.07) is 9.17. The lowest BCUT2D eigenvalue weighted by Crippen LogP contribution is -2.48. The molecule has 0 aliphatic carbocycles. The van der Waals surface area contributed by atoms with Crippen LogP contribution in [0.4, 0.5) is 5.69 Å². The Morgan fingerprint density at radius 1 is 1.17 bits per heavy atom. The SMILES string of the molecule is CS(=O)(=O)N1CCN(c2cnn(-c3ccccc3)c(=O)c2OCC2CCCO2)CC1. The average Bonchev–Trinajstić information content (AvgIpc) is 3.26. The predicted molar refractivity (Wildman–Crippen MR) is 113 cm³/mol. The molecule has 10 heteroatoms. The lowest BCUT2D eigenvalue weighted by molar-refractivity contribution is 0.0673. The van der Waals surface area contributed by atoms with Gasteiger partial charge in [0.05, 0.1) is 24.2 Å². The number of hydrogen-bond acceptors (Lipinski definition) is 7. The van der Waals surface area contributed by atoms with Crippen molar-refractivity contribution in [2.75, 3.05) is 50.5 Å². The zero-order valence-corrected chi connectivity index (χ0v) is 17.8. The standard InChI is InChI=1S/C20H26N4O5S/c1-30(26,27)23-11-9-22(10-12-23)18-14-21-24(16-6-3-2-4-7-16)20(25)19(18)29-15-17-8-5-13-28-17/h2-4,6-7,14,17H,5,8-13,15H2,1H3. The minimum absolute atomic E-state index is 0.0299. The lowest BCUT2D eigenvalue weighted by atomic mass is 10.2. The second-order valence-corrected chi connectivity index (χ2v) is 9.49. The van der Waals surface area contributed by atoms with Crippen LogP contribution in [0.2, 0.25) is 0 Å². The Morgan fingerprint density at radius 3 is 2.53 bits per heavy atom. The van der Waals surface area contributed by atoms with E-state index in [2.05, 4.69) is 5.10 Å². The summed E-state index contributed by atoms with van der Waals surface area (Å²) in [7, 11) is -3.24. The van der Waals surface area contributed by atoms with E-state index in [4.69, 9.17) is 9.47 Å². The van der Waals surface area contributed by atoms with Gasteiger partial charge in [0.1, 0.15) is 12.3 Å². The van der Waals surface area contributed by atoms with Gasteiger partial charge in [0, 0.05) is 32.8 Å². The maximum absolute atomic E-state index is 13.3. The number of aromatic nitrogens is 2. The summed E-state index contributed by atoms with van der Waals surface area (Å²) in [5.41, 5.74) is 0.887. The Balaban J connectivity index is 1.63. The van der Waals surface area contributed by atoms with Crippen molar-refractivity contribution in [3.05, 3.63) is 46.9 Å². The van der Waals surface area contributed by atoms with Gasteiger partial charge in [-0.1, -0.05) is 18.2 Å². The van der Waals surface area contributed by atoms with E-state index in [-0.39, 0.29) is 17.4 Å². The molecule has 0 amide bonds. The second-order valence-electron chi connectivity index (χ2n) is 7.51. The van der Waals surface area contributed by atoms with Crippen molar-refractivity contribution in [3.63, 3.8) is 0 Å². The zero-order chi connectivity index (χ0) is 21.1. The van der Waals surface area contributed by atoms with E-state index in [1.165, 1.54) is 15.2 Å². The minimum Gasteiger partial charge on any atom is -0.483 e. The van der Waals surface area contributed by atoms with Crippen molar-refractivity contribution in [1.29, 1.82) is 0 Å². The maximum atomic E-state index is 13.3. The Bertz CT molecular complexity index is 1030. The highest BCUT2D eigenvalue weighted by Crippen LogP contribution is 2.26. The Hall–Kier alpha value is -2.43. The summed E-state index contributed by atoms with van der Waals surface area (Å²) in [6.07, 6.45) is 4.69. The van der Waals surface area contributed by atoms with E-state index in [1.807, 2.05) is 35.2 Å². The Labute approximate surface area is 175 Å². The smallest absolute Gasteiger partial charge is 0.316 e. The maximum Gasteiger partial charge on any atom is 0.316 e. The quantitative estimate of drug-likeness (QED) is 0.666. The van der Waals surface area contributed by atoms with Gasteiger partial charge in [0.15, 0.2) is 0 Å². The van der Waals surface area contributed by atoms with Crippen LogP contribution in [0.1, 0.15) is 12.8 Å². The topological polar surface area (TPSA) is 94.0 Å². The first-order chi connectivity index (χ1) is 14.4. The molecule has 2 aliphatic heterocycles. The molecular formula is C20H26N4O5S. The fourth-order valence-corrected chi connectivity index (χ4v) is 4.58. The predicted octanol–water partition coefficient (Wildman–Crippen LogP) is 0.872. The largest absolute Gasteiger partial charge is 0.483 e. The second kappa shape index (κ2) is 8.75. The number of sulfonamides is 1. The van der Waals surface area contributed by atoms with Crippen LogP contribution < -0.4 is 15.2 Å². The van der Waals surface area contributed by atoms with Crippen molar-refractivity contribution < 1.29 is 17.9 Å². The van der Waals surface area contributed by atoms with Crippen LogP contribution >= 0.6 is 0 Å². The van der Waals surface area contributed by atoms with Gasteiger partial charge in [-0.25, -0.2) is 8.42 Å². The monoisotopic (exact) mass is 434 g/mol. The number of hydrogen-bond donors (Lipinski definition) is 0. The van der Waals surface area contributed by atoms with Gasteiger partial charge in [0.25, 0.3) is 0 Å². The Kier molecular flexibility index (Phi) is 6.07. The van der Waals surface area contributed by atoms with Crippen molar-refractivity contribution in [3.8, 4) is 11.4 Å². The number of piperazine rings is 1.